The summed E-state index contributed by atoms with van der Waals surface area (Å²) >= 11 is 5.51. The maximum Gasteiger partial charge on any atom is 0.182 e. The normalized spacial score (nSPS) is 11.0. The van der Waals surface area contributed by atoms with Crippen LogP contribution in [0.3, 0.4) is 0 Å². The summed E-state index contributed by atoms with van der Waals surface area (Å²) in [5.41, 5.74) is 4.37. The van der Waals surface area contributed by atoms with E-state index in [2.05, 4.69) is 46.8 Å². The van der Waals surface area contributed by atoms with E-state index in [0.29, 0.717) is 11.4 Å². The van der Waals surface area contributed by atoms with E-state index in [1.165, 1.54) is 5.56 Å². The standard InChI is InChI=1S/C17H18N2OS/c1-3-12-7-5-8-13(11-12)19-14-9-6-10-15(20-4-2)16(14)18-17(19)21/h5-11H,3-4H2,1-2H3,(H,18,21). The molecule has 2 aromatic carbocycles. The molecule has 3 nitrogen and oxygen atoms in total. The molecule has 1 heterocycles. The van der Waals surface area contributed by atoms with Gasteiger partial charge in [0, 0.05) is 5.69 Å². The lowest BCUT2D eigenvalue weighted by molar-refractivity contribution is 0.343. The molecule has 0 atom stereocenters. The molecule has 0 amide bonds. The molecule has 0 fully saturated rings. The van der Waals surface area contributed by atoms with Crippen LogP contribution in [-0.2, 0) is 6.42 Å². The van der Waals surface area contributed by atoms with E-state index in [4.69, 9.17) is 17.0 Å². The topological polar surface area (TPSA) is 29.9 Å². The number of benzene rings is 2. The molecule has 0 aliphatic rings. The Labute approximate surface area is 129 Å². The SMILES string of the molecule is CCOc1cccc2c1[nH]c(=S)n2-c1cccc(CC)c1. The third-order valence-corrected chi connectivity index (χ3v) is 3.84. The molecule has 0 radical (unpaired) electrons. The molecule has 0 aliphatic heterocycles. The Hall–Kier alpha value is -2.07. The summed E-state index contributed by atoms with van der Waals surface area (Å²) in [4.78, 5) is 3.27. The summed E-state index contributed by atoms with van der Waals surface area (Å²) in [6.45, 7) is 4.77. The molecule has 1 N–H and O–H groups in total. The maximum absolute atomic E-state index is 5.68. The van der Waals surface area contributed by atoms with Crippen molar-refractivity contribution in [3.63, 3.8) is 0 Å². The number of aryl methyl sites for hydroxylation is 1. The van der Waals surface area contributed by atoms with Crippen molar-refractivity contribution in [3.8, 4) is 11.4 Å². The molecule has 0 spiro atoms. The Kier molecular flexibility index (Phi) is 3.80. The first kappa shape index (κ1) is 13.9. The Balaban J connectivity index is 2.25. The minimum atomic E-state index is 0.635. The first-order chi connectivity index (χ1) is 10.2. The van der Waals surface area contributed by atoms with Crippen molar-refractivity contribution in [3.05, 3.63) is 52.8 Å². The molecule has 0 saturated heterocycles. The van der Waals surface area contributed by atoms with E-state index in [9.17, 15) is 0 Å². The molecule has 1 aromatic heterocycles. The van der Waals surface area contributed by atoms with E-state index in [1.54, 1.807) is 0 Å². The van der Waals surface area contributed by atoms with Crippen molar-refractivity contribution in [2.45, 2.75) is 20.3 Å². The fourth-order valence-corrected chi connectivity index (χ4v) is 2.86. The number of para-hydroxylation sites is 1. The van der Waals surface area contributed by atoms with Crippen LogP contribution in [0.15, 0.2) is 42.5 Å². The van der Waals surface area contributed by atoms with Crippen molar-refractivity contribution >= 4 is 23.3 Å². The quantitative estimate of drug-likeness (QED) is 0.711. The zero-order valence-electron chi connectivity index (χ0n) is 12.2. The lowest BCUT2D eigenvalue weighted by atomic mass is 10.1. The lowest BCUT2D eigenvalue weighted by Gasteiger charge is -2.08. The van der Waals surface area contributed by atoms with Gasteiger partial charge in [-0.2, -0.15) is 0 Å². The highest BCUT2D eigenvalue weighted by Crippen LogP contribution is 2.27. The highest BCUT2D eigenvalue weighted by atomic mass is 32.1. The van der Waals surface area contributed by atoms with E-state index in [1.807, 2.05) is 19.1 Å². The monoisotopic (exact) mass is 298 g/mol. The molecule has 0 bridgehead atoms. The summed E-state index contributed by atoms with van der Waals surface area (Å²) in [5.74, 6) is 0.839. The van der Waals surface area contributed by atoms with Crippen LogP contribution in [0.5, 0.6) is 5.75 Å². The molecular formula is C17H18N2OS. The van der Waals surface area contributed by atoms with E-state index in [0.717, 1.165) is 28.9 Å². The summed E-state index contributed by atoms with van der Waals surface area (Å²) in [6.07, 6.45) is 1.01. The highest BCUT2D eigenvalue weighted by Gasteiger charge is 2.10. The molecular weight excluding hydrogens is 280 g/mol. The van der Waals surface area contributed by atoms with Crippen molar-refractivity contribution < 1.29 is 4.74 Å². The minimum Gasteiger partial charge on any atom is -0.492 e. The third-order valence-electron chi connectivity index (χ3n) is 3.56. The number of H-pyrrole nitrogens is 1. The number of fused-ring (bicyclic) bond motifs is 1. The zero-order chi connectivity index (χ0) is 14.8. The van der Waals surface area contributed by atoms with Gasteiger partial charge in [0.25, 0.3) is 0 Å². The minimum absolute atomic E-state index is 0.635. The van der Waals surface area contributed by atoms with Gasteiger partial charge in [0.15, 0.2) is 4.77 Å². The third kappa shape index (κ3) is 2.47. The van der Waals surface area contributed by atoms with E-state index >= 15 is 0 Å². The molecule has 3 aromatic rings. The number of nitrogens with zero attached hydrogens (tertiary/aromatic N) is 1. The van der Waals surface area contributed by atoms with Gasteiger partial charge in [-0.1, -0.05) is 25.1 Å². The van der Waals surface area contributed by atoms with Crippen molar-refractivity contribution in [1.82, 2.24) is 9.55 Å². The van der Waals surface area contributed by atoms with Gasteiger partial charge < -0.3 is 9.72 Å². The second-order valence-electron chi connectivity index (χ2n) is 4.87. The predicted octanol–water partition coefficient (Wildman–Crippen LogP) is 4.65. The second kappa shape index (κ2) is 5.74. The van der Waals surface area contributed by atoms with E-state index < -0.39 is 0 Å². The Bertz CT molecular complexity index is 832. The largest absolute Gasteiger partial charge is 0.492 e. The van der Waals surface area contributed by atoms with Crippen LogP contribution in [0.4, 0.5) is 0 Å². The van der Waals surface area contributed by atoms with Crippen molar-refractivity contribution in [2.75, 3.05) is 6.61 Å². The van der Waals surface area contributed by atoms with Crippen LogP contribution >= 0.6 is 12.2 Å². The number of imidazole rings is 1. The van der Waals surface area contributed by atoms with Crippen molar-refractivity contribution in [2.24, 2.45) is 0 Å². The number of rotatable bonds is 4. The fourth-order valence-electron chi connectivity index (χ4n) is 2.55. The fraction of sp³-hybridized carbons (Fsp3) is 0.235. The van der Waals surface area contributed by atoms with Gasteiger partial charge in [0.05, 0.1) is 12.1 Å². The summed E-state index contributed by atoms with van der Waals surface area (Å²) in [7, 11) is 0. The highest BCUT2D eigenvalue weighted by molar-refractivity contribution is 7.71. The number of hydrogen-bond acceptors (Lipinski definition) is 2. The first-order valence-corrected chi connectivity index (χ1v) is 7.61. The average Bonchev–Trinajstić information content (AvgIpc) is 2.85. The molecule has 21 heavy (non-hydrogen) atoms. The summed E-state index contributed by atoms with van der Waals surface area (Å²) < 4.78 is 8.42. The van der Waals surface area contributed by atoms with Crippen LogP contribution in [0.1, 0.15) is 19.4 Å². The lowest BCUT2D eigenvalue weighted by Crippen LogP contribution is -1.95. The van der Waals surface area contributed by atoms with E-state index in [-0.39, 0.29) is 0 Å². The second-order valence-corrected chi connectivity index (χ2v) is 5.26. The van der Waals surface area contributed by atoms with Gasteiger partial charge in [-0.25, -0.2) is 0 Å². The molecule has 0 saturated carbocycles. The maximum atomic E-state index is 5.68. The molecule has 0 unspecified atom stereocenters. The summed E-state index contributed by atoms with van der Waals surface area (Å²) in [6, 6.07) is 14.5. The molecule has 3 rings (SSSR count). The van der Waals surface area contributed by atoms with Crippen LogP contribution in [-0.4, -0.2) is 16.2 Å². The number of aromatic nitrogens is 2. The van der Waals surface area contributed by atoms with Gasteiger partial charge >= 0.3 is 0 Å². The first-order valence-electron chi connectivity index (χ1n) is 7.20. The van der Waals surface area contributed by atoms with Gasteiger partial charge in [-0.05, 0) is 55.4 Å². The Morgan fingerprint density at radius 2 is 1.95 bits per heavy atom. The van der Waals surface area contributed by atoms with Gasteiger partial charge in [0.2, 0.25) is 0 Å². The number of ether oxygens (including phenoxy) is 1. The van der Waals surface area contributed by atoms with Crippen LogP contribution < -0.4 is 4.74 Å². The Morgan fingerprint density at radius 1 is 1.14 bits per heavy atom. The number of aromatic amines is 1. The number of nitrogens with one attached hydrogen (secondary N) is 1. The average molecular weight is 298 g/mol. The van der Waals surface area contributed by atoms with Gasteiger partial charge in [-0.15, -0.1) is 0 Å². The van der Waals surface area contributed by atoms with Crippen molar-refractivity contribution in [1.29, 1.82) is 0 Å². The molecule has 0 aliphatic carbocycles. The predicted molar refractivity (Wildman–Crippen MR) is 89.0 cm³/mol. The van der Waals surface area contributed by atoms with Gasteiger partial charge in [0.1, 0.15) is 11.3 Å². The zero-order valence-corrected chi connectivity index (χ0v) is 13.0. The van der Waals surface area contributed by atoms with Crippen LogP contribution in [0.25, 0.3) is 16.7 Å². The smallest absolute Gasteiger partial charge is 0.182 e. The number of hydrogen-bond donors (Lipinski definition) is 1. The summed E-state index contributed by atoms with van der Waals surface area (Å²) in [5, 5.41) is 0. The molecule has 108 valence electrons. The van der Waals surface area contributed by atoms with Crippen LogP contribution in [0, 0.1) is 4.77 Å². The van der Waals surface area contributed by atoms with Crippen LogP contribution in [0.2, 0.25) is 0 Å². The molecule has 4 heteroatoms. The van der Waals surface area contributed by atoms with Gasteiger partial charge in [-0.3, -0.25) is 4.57 Å². The Morgan fingerprint density at radius 3 is 2.71 bits per heavy atom.